The van der Waals surface area contributed by atoms with Crippen LogP contribution in [-0.2, 0) is 0 Å². The molecule has 0 aliphatic carbocycles. The summed E-state index contributed by atoms with van der Waals surface area (Å²) >= 11 is 0. The number of hydrogen-bond acceptors (Lipinski definition) is 1. The van der Waals surface area contributed by atoms with Crippen LogP contribution >= 0.6 is 0 Å². The Kier molecular flexibility index (Phi) is 5.32. The summed E-state index contributed by atoms with van der Waals surface area (Å²) in [6.07, 6.45) is 0. The first-order chi connectivity index (χ1) is 23.3. The summed E-state index contributed by atoms with van der Waals surface area (Å²) in [7, 11) is 0. The summed E-state index contributed by atoms with van der Waals surface area (Å²) < 4.78 is 11.2. The van der Waals surface area contributed by atoms with E-state index >= 15 is 0 Å². The van der Waals surface area contributed by atoms with Crippen LogP contribution in [0.2, 0.25) is 0 Å². The number of hydrogen-bond donors (Lipinski definition) is 0. The third kappa shape index (κ3) is 3.57. The molecule has 0 fully saturated rings. The smallest absolute Gasteiger partial charge is 0.210 e. The van der Waals surface area contributed by atoms with Gasteiger partial charge in [-0.05, 0) is 48.0 Å². The molecule has 0 unspecified atom stereocenters. The van der Waals surface area contributed by atoms with Gasteiger partial charge < -0.3 is 13.6 Å². The molecular weight excluding hydrogens is 574 g/mol. The number of benzene rings is 7. The molecule has 0 saturated heterocycles. The molecular formula is C43H25N3O. The molecule has 4 nitrogen and oxygen atoms in total. The lowest BCUT2D eigenvalue weighted by molar-refractivity contribution is 0.671. The first-order valence-corrected chi connectivity index (χ1v) is 15.7. The molecule has 0 bridgehead atoms. The Hall–Kier alpha value is -6.57. The van der Waals surface area contributed by atoms with Crippen molar-refractivity contribution < 1.29 is 4.42 Å². The Morgan fingerprint density at radius 2 is 1.04 bits per heavy atom. The number of aromatic nitrogens is 2. The second-order valence-corrected chi connectivity index (χ2v) is 12.0. The van der Waals surface area contributed by atoms with Gasteiger partial charge in [0, 0.05) is 37.9 Å². The molecule has 4 heteroatoms. The van der Waals surface area contributed by atoms with Crippen molar-refractivity contribution in [3.63, 3.8) is 0 Å². The second-order valence-electron chi connectivity index (χ2n) is 12.0. The van der Waals surface area contributed by atoms with E-state index in [0.29, 0.717) is 5.69 Å². The molecule has 0 amide bonds. The maximum Gasteiger partial charge on any atom is 0.210 e. The standard InChI is InChI=1S/C43H25N3O/c1-44-35-25-22-27(26-40(35)45-37-18-8-3-13-29(37)30-14-4-9-19-38(30)45)28-12-2-7-17-36(28)46-39-20-10-5-15-31(39)33-23-24-34-32-16-6-11-21-41(32)47-43(34)42(33)46/h2-26H. The Balaban J connectivity index is 1.29. The molecule has 3 aromatic heterocycles. The zero-order valence-corrected chi connectivity index (χ0v) is 25.2. The van der Waals surface area contributed by atoms with Crippen molar-refractivity contribution in [2.75, 3.05) is 0 Å². The highest BCUT2D eigenvalue weighted by molar-refractivity contribution is 6.21. The average Bonchev–Trinajstić information content (AvgIpc) is 3.79. The van der Waals surface area contributed by atoms with Crippen LogP contribution in [0, 0.1) is 6.57 Å². The minimum Gasteiger partial charge on any atom is -0.454 e. The van der Waals surface area contributed by atoms with Gasteiger partial charge in [0.25, 0.3) is 0 Å². The molecule has 47 heavy (non-hydrogen) atoms. The molecule has 0 aliphatic rings. The normalized spacial score (nSPS) is 11.8. The highest BCUT2D eigenvalue weighted by Crippen LogP contribution is 2.43. The van der Waals surface area contributed by atoms with Gasteiger partial charge in [-0.25, -0.2) is 4.85 Å². The lowest BCUT2D eigenvalue weighted by Crippen LogP contribution is -1.99. The maximum absolute atomic E-state index is 8.13. The van der Waals surface area contributed by atoms with Crippen LogP contribution in [-0.4, -0.2) is 9.13 Å². The van der Waals surface area contributed by atoms with Crippen molar-refractivity contribution in [3.05, 3.63) is 163 Å². The Morgan fingerprint density at radius 1 is 0.468 bits per heavy atom. The monoisotopic (exact) mass is 599 g/mol. The summed E-state index contributed by atoms with van der Waals surface area (Å²) in [6.45, 7) is 8.13. The predicted molar refractivity (Wildman–Crippen MR) is 194 cm³/mol. The molecule has 0 saturated carbocycles. The van der Waals surface area contributed by atoms with Crippen LogP contribution in [0.4, 0.5) is 5.69 Å². The van der Waals surface area contributed by atoms with E-state index in [9.17, 15) is 0 Å². The van der Waals surface area contributed by atoms with Crippen LogP contribution in [0.15, 0.2) is 156 Å². The van der Waals surface area contributed by atoms with Gasteiger partial charge in [-0.3, -0.25) is 0 Å². The van der Waals surface area contributed by atoms with Crippen LogP contribution < -0.4 is 0 Å². The number of nitrogens with zero attached hydrogens (tertiary/aromatic N) is 3. The third-order valence-corrected chi connectivity index (χ3v) is 9.55. The van der Waals surface area contributed by atoms with Crippen molar-refractivity contribution >= 4 is 71.2 Å². The number of fused-ring (bicyclic) bond motifs is 10. The lowest BCUT2D eigenvalue weighted by Gasteiger charge is -2.16. The van der Waals surface area contributed by atoms with Gasteiger partial charge in [-0.15, -0.1) is 0 Å². The first kappa shape index (κ1) is 25.7. The molecule has 10 aromatic rings. The Morgan fingerprint density at radius 3 is 1.77 bits per heavy atom. The Labute approximate surface area is 269 Å². The van der Waals surface area contributed by atoms with Crippen LogP contribution in [0.25, 0.3) is 92.9 Å². The fourth-order valence-electron chi connectivity index (χ4n) is 7.54. The largest absolute Gasteiger partial charge is 0.454 e. The van der Waals surface area contributed by atoms with Crippen LogP contribution in [0.1, 0.15) is 0 Å². The number of para-hydroxylation sites is 5. The SMILES string of the molecule is [C-]#[N+]c1ccc(-c2ccccc2-n2c3ccccc3c3ccc4c5ccccc5oc4c32)cc1-n1c2ccccc2c2ccccc21. The van der Waals surface area contributed by atoms with Crippen molar-refractivity contribution in [2.45, 2.75) is 0 Å². The minimum absolute atomic E-state index is 0.610. The van der Waals surface area contributed by atoms with Gasteiger partial charge in [0.1, 0.15) is 5.58 Å². The molecule has 0 spiro atoms. The van der Waals surface area contributed by atoms with Gasteiger partial charge in [0.2, 0.25) is 5.69 Å². The highest BCUT2D eigenvalue weighted by Gasteiger charge is 2.21. The summed E-state index contributed by atoms with van der Waals surface area (Å²) in [4.78, 5) is 4.00. The molecule has 3 heterocycles. The van der Waals surface area contributed by atoms with Crippen molar-refractivity contribution in [1.82, 2.24) is 9.13 Å². The van der Waals surface area contributed by atoms with E-state index < -0.39 is 0 Å². The van der Waals surface area contributed by atoms with Crippen molar-refractivity contribution in [2.24, 2.45) is 0 Å². The molecule has 218 valence electrons. The first-order valence-electron chi connectivity index (χ1n) is 15.7. The van der Waals surface area contributed by atoms with E-state index in [0.717, 1.165) is 71.9 Å². The molecule has 7 aromatic carbocycles. The summed E-state index contributed by atoms with van der Waals surface area (Å²) in [5.41, 5.74) is 10.7. The lowest BCUT2D eigenvalue weighted by atomic mass is 10.0. The Bertz CT molecular complexity index is 2880. The van der Waals surface area contributed by atoms with Crippen LogP contribution in [0.5, 0.6) is 0 Å². The predicted octanol–water partition coefficient (Wildman–Crippen LogP) is 12.0. The van der Waals surface area contributed by atoms with E-state index in [2.05, 4.69) is 147 Å². The molecule has 0 atom stereocenters. The zero-order chi connectivity index (χ0) is 31.1. The second kappa shape index (κ2) is 9.71. The van der Waals surface area contributed by atoms with E-state index in [1.54, 1.807) is 0 Å². The van der Waals surface area contributed by atoms with Crippen LogP contribution in [0.3, 0.4) is 0 Å². The van der Waals surface area contributed by atoms with E-state index in [1.807, 2.05) is 18.2 Å². The van der Waals surface area contributed by atoms with Crippen molar-refractivity contribution in [1.29, 1.82) is 0 Å². The summed E-state index contributed by atoms with van der Waals surface area (Å²) in [5.74, 6) is 0. The zero-order valence-electron chi connectivity index (χ0n) is 25.2. The fraction of sp³-hybridized carbons (Fsp3) is 0. The third-order valence-electron chi connectivity index (χ3n) is 9.55. The highest BCUT2D eigenvalue weighted by atomic mass is 16.3. The quantitative estimate of drug-likeness (QED) is 0.186. The van der Waals surface area contributed by atoms with E-state index in [4.69, 9.17) is 11.0 Å². The molecule has 10 rings (SSSR count). The van der Waals surface area contributed by atoms with E-state index in [1.165, 1.54) is 16.2 Å². The van der Waals surface area contributed by atoms with Gasteiger partial charge in [0.05, 0.1) is 40.0 Å². The number of furan rings is 1. The van der Waals surface area contributed by atoms with Gasteiger partial charge >= 0.3 is 0 Å². The molecule has 0 N–H and O–H groups in total. The summed E-state index contributed by atoms with van der Waals surface area (Å²) in [6, 6.07) is 52.9. The average molecular weight is 600 g/mol. The maximum atomic E-state index is 8.13. The van der Waals surface area contributed by atoms with E-state index in [-0.39, 0.29) is 0 Å². The van der Waals surface area contributed by atoms with Gasteiger partial charge in [0.15, 0.2) is 5.58 Å². The fourth-order valence-corrected chi connectivity index (χ4v) is 7.54. The number of rotatable bonds is 3. The van der Waals surface area contributed by atoms with Gasteiger partial charge in [-0.2, -0.15) is 0 Å². The topological polar surface area (TPSA) is 27.4 Å². The summed E-state index contributed by atoms with van der Waals surface area (Å²) in [5, 5.41) is 6.88. The minimum atomic E-state index is 0.610. The van der Waals surface area contributed by atoms with Gasteiger partial charge in [-0.1, -0.05) is 109 Å². The van der Waals surface area contributed by atoms with Crippen molar-refractivity contribution in [3.8, 4) is 22.5 Å². The molecule has 0 radical (unpaired) electrons. The molecule has 0 aliphatic heterocycles.